The molecule has 0 spiro atoms. The molecule has 0 amide bonds. The minimum atomic E-state index is -0.552. The van der Waals surface area contributed by atoms with Crippen molar-refractivity contribution in [3.05, 3.63) is 69.8 Å². The number of nitrogens with zero attached hydrogens (tertiary/aromatic N) is 3. The summed E-state index contributed by atoms with van der Waals surface area (Å²) in [5, 5.41) is 9.45. The number of nitriles is 1. The highest BCUT2D eigenvalue weighted by atomic mass is 16.5. The standard InChI is InChI=1S/C21H17N3O3/c22-13-14-5-4-6-16(11-14)27-21(26)15-8-9-17-18(12-15)23-19-7-2-1-3-10-24(19)20(17)25/h4-6,8-9,11-12H,1-3,7,10H2. The van der Waals surface area contributed by atoms with E-state index in [1.54, 1.807) is 41.0 Å². The highest BCUT2D eigenvalue weighted by Crippen LogP contribution is 2.19. The molecule has 0 radical (unpaired) electrons. The lowest BCUT2D eigenvalue weighted by Gasteiger charge is -2.11. The number of hydrogen-bond donors (Lipinski definition) is 0. The molecule has 2 heterocycles. The number of esters is 1. The first-order chi connectivity index (χ1) is 13.2. The van der Waals surface area contributed by atoms with Crippen molar-refractivity contribution in [2.45, 2.75) is 32.2 Å². The normalized spacial score (nSPS) is 13.4. The molecule has 0 fully saturated rings. The Kier molecular flexibility index (Phi) is 4.43. The summed E-state index contributed by atoms with van der Waals surface area (Å²) in [5.74, 6) is 0.523. The van der Waals surface area contributed by atoms with Crippen molar-refractivity contribution in [3.63, 3.8) is 0 Å². The Morgan fingerprint density at radius 2 is 2.04 bits per heavy atom. The molecule has 27 heavy (non-hydrogen) atoms. The number of fused-ring (bicyclic) bond motifs is 2. The van der Waals surface area contributed by atoms with Gasteiger partial charge in [-0.1, -0.05) is 12.5 Å². The Labute approximate surface area is 155 Å². The maximum absolute atomic E-state index is 12.7. The largest absolute Gasteiger partial charge is 0.423 e. The van der Waals surface area contributed by atoms with Crippen LogP contribution in [0.1, 0.15) is 41.0 Å². The summed E-state index contributed by atoms with van der Waals surface area (Å²) < 4.78 is 7.10. The Hall–Kier alpha value is -3.46. The SMILES string of the molecule is N#Cc1cccc(OC(=O)c2ccc3c(=O)n4c(nc3c2)CCCCC4)c1. The zero-order valence-electron chi connectivity index (χ0n) is 14.6. The Bertz CT molecular complexity index is 1140. The molecule has 1 aromatic heterocycles. The molecule has 0 saturated carbocycles. The van der Waals surface area contributed by atoms with Gasteiger partial charge in [-0.25, -0.2) is 9.78 Å². The van der Waals surface area contributed by atoms with Crippen LogP contribution >= 0.6 is 0 Å². The summed E-state index contributed by atoms with van der Waals surface area (Å²) in [6, 6.07) is 13.2. The van der Waals surface area contributed by atoms with E-state index in [-0.39, 0.29) is 5.56 Å². The molecule has 0 saturated heterocycles. The van der Waals surface area contributed by atoms with Crippen LogP contribution in [0.15, 0.2) is 47.3 Å². The number of aromatic nitrogens is 2. The smallest absolute Gasteiger partial charge is 0.343 e. The monoisotopic (exact) mass is 359 g/mol. The van der Waals surface area contributed by atoms with Crippen molar-refractivity contribution in [1.29, 1.82) is 5.26 Å². The fraction of sp³-hybridized carbons (Fsp3) is 0.238. The van der Waals surface area contributed by atoms with Crippen molar-refractivity contribution in [3.8, 4) is 11.8 Å². The van der Waals surface area contributed by atoms with Crippen LogP contribution < -0.4 is 10.3 Å². The number of benzene rings is 2. The van der Waals surface area contributed by atoms with E-state index in [1.807, 2.05) is 6.07 Å². The number of rotatable bonds is 2. The van der Waals surface area contributed by atoms with Gasteiger partial charge in [0.25, 0.3) is 5.56 Å². The van der Waals surface area contributed by atoms with E-state index in [1.165, 1.54) is 6.07 Å². The Morgan fingerprint density at radius 3 is 2.89 bits per heavy atom. The molecule has 0 aliphatic carbocycles. The van der Waals surface area contributed by atoms with Gasteiger partial charge in [0.15, 0.2) is 0 Å². The predicted octanol–water partition coefficient (Wildman–Crippen LogP) is 3.21. The van der Waals surface area contributed by atoms with E-state index in [0.717, 1.165) is 31.5 Å². The first kappa shape index (κ1) is 17.0. The molecule has 0 bridgehead atoms. The van der Waals surface area contributed by atoms with Gasteiger partial charge in [-0.3, -0.25) is 9.36 Å². The van der Waals surface area contributed by atoms with E-state index in [9.17, 15) is 9.59 Å². The van der Waals surface area contributed by atoms with Crippen LogP contribution in [0, 0.1) is 11.3 Å². The van der Waals surface area contributed by atoms with Crippen LogP contribution in [-0.2, 0) is 13.0 Å². The van der Waals surface area contributed by atoms with Crippen molar-refractivity contribution < 1.29 is 9.53 Å². The van der Waals surface area contributed by atoms with Crippen LogP contribution in [-0.4, -0.2) is 15.5 Å². The van der Waals surface area contributed by atoms with Gasteiger partial charge in [-0.2, -0.15) is 5.26 Å². The number of ether oxygens (including phenoxy) is 1. The van der Waals surface area contributed by atoms with E-state index >= 15 is 0 Å². The number of carbonyl (C=O) groups excluding carboxylic acids is 1. The maximum atomic E-state index is 12.7. The number of hydrogen-bond acceptors (Lipinski definition) is 5. The second kappa shape index (κ2) is 7.04. The van der Waals surface area contributed by atoms with Crippen molar-refractivity contribution >= 4 is 16.9 Å². The summed E-state index contributed by atoms with van der Waals surface area (Å²) in [4.78, 5) is 29.8. The van der Waals surface area contributed by atoms with Gasteiger partial charge in [-0.05, 0) is 49.2 Å². The third-order valence-electron chi connectivity index (χ3n) is 4.73. The van der Waals surface area contributed by atoms with Gasteiger partial charge in [0.05, 0.1) is 28.1 Å². The van der Waals surface area contributed by atoms with E-state index in [0.29, 0.717) is 34.3 Å². The lowest BCUT2D eigenvalue weighted by atomic mass is 10.1. The molecule has 134 valence electrons. The summed E-state index contributed by atoms with van der Waals surface area (Å²) in [7, 11) is 0. The third kappa shape index (κ3) is 3.32. The molecule has 6 nitrogen and oxygen atoms in total. The molecular formula is C21H17N3O3. The van der Waals surface area contributed by atoms with E-state index < -0.39 is 5.97 Å². The maximum Gasteiger partial charge on any atom is 0.343 e. The first-order valence-electron chi connectivity index (χ1n) is 8.91. The zero-order valence-corrected chi connectivity index (χ0v) is 14.6. The van der Waals surface area contributed by atoms with Crippen LogP contribution in [0.2, 0.25) is 0 Å². The minimum Gasteiger partial charge on any atom is -0.423 e. The topological polar surface area (TPSA) is 85.0 Å². The van der Waals surface area contributed by atoms with Gasteiger partial charge in [0.1, 0.15) is 11.6 Å². The molecule has 1 aliphatic rings. The summed E-state index contributed by atoms with van der Waals surface area (Å²) in [5.41, 5.74) is 1.18. The molecular weight excluding hydrogens is 342 g/mol. The van der Waals surface area contributed by atoms with Crippen molar-refractivity contribution in [1.82, 2.24) is 9.55 Å². The average Bonchev–Trinajstić information content (AvgIpc) is 2.93. The molecule has 4 rings (SSSR count). The fourth-order valence-electron chi connectivity index (χ4n) is 3.34. The molecule has 2 aromatic carbocycles. The zero-order chi connectivity index (χ0) is 18.8. The summed E-state index contributed by atoms with van der Waals surface area (Å²) >= 11 is 0. The highest BCUT2D eigenvalue weighted by molar-refractivity contribution is 5.95. The molecule has 0 N–H and O–H groups in total. The molecule has 1 aliphatic heterocycles. The van der Waals surface area contributed by atoms with Gasteiger partial charge in [0, 0.05) is 13.0 Å². The van der Waals surface area contributed by atoms with Gasteiger partial charge in [0.2, 0.25) is 0 Å². The van der Waals surface area contributed by atoms with Gasteiger partial charge >= 0.3 is 5.97 Å². The quantitative estimate of drug-likeness (QED) is 0.518. The lowest BCUT2D eigenvalue weighted by Crippen LogP contribution is -2.24. The van der Waals surface area contributed by atoms with Crippen molar-refractivity contribution in [2.75, 3.05) is 0 Å². The summed E-state index contributed by atoms with van der Waals surface area (Å²) in [6.07, 6.45) is 3.83. The predicted molar refractivity (Wildman–Crippen MR) is 99.7 cm³/mol. The molecule has 0 unspecified atom stereocenters. The van der Waals surface area contributed by atoms with Gasteiger partial charge in [-0.15, -0.1) is 0 Å². The average molecular weight is 359 g/mol. The van der Waals surface area contributed by atoms with Crippen LogP contribution in [0.4, 0.5) is 0 Å². The third-order valence-corrected chi connectivity index (χ3v) is 4.73. The second-order valence-electron chi connectivity index (χ2n) is 6.56. The van der Waals surface area contributed by atoms with E-state index in [4.69, 9.17) is 10.00 Å². The van der Waals surface area contributed by atoms with Gasteiger partial charge < -0.3 is 4.74 Å². The fourth-order valence-corrected chi connectivity index (χ4v) is 3.34. The second-order valence-corrected chi connectivity index (χ2v) is 6.56. The molecule has 6 heteroatoms. The minimum absolute atomic E-state index is 0.0569. The van der Waals surface area contributed by atoms with Crippen LogP contribution in [0.25, 0.3) is 10.9 Å². The van der Waals surface area contributed by atoms with Crippen molar-refractivity contribution in [2.24, 2.45) is 0 Å². The molecule has 0 atom stereocenters. The van der Waals surface area contributed by atoms with Crippen LogP contribution in [0.3, 0.4) is 0 Å². The lowest BCUT2D eigenvalue weighted by molar-refractivity contribution is 0.0735. The number of carbonyl (C=O) groups is 1. The highest BCUT2D eigenvalue weighted by Gasteiger charge is 2.16. The Morgan fingerprint density at radius 1 is 1.15 bits per heavy atom. The summed E-state index contributed by atoms with van der Waals surface area (Å²) in [6.45, 7) is 0.691. The number of aryl methyl sites for hydroxylation is 1. The van der Waals surface area contributed by atoms with Crippen LogP contribution in [0.5, 0.6) is 5.75 Å². The Balaban J connectivity index is 1.69. The van der Waals surface area contributed by atoms with E-state index in [2.05, 4.69) is 4.98 Å². The molecule has 3 aromatic rings. The first-order valence-corrected chi connectivity index (χ1v) is 8.91.